The number of nitrogens with zero attached hydrogens (tertiary/aromatic N) is 3. The molecule has 2 N–H and O–H groups in total. The third-order valence-electron chi connectivity index (χ3n) is 18.8. The predicted molar refractivity (Wildman–Crippen MR) is 294 cm³/mol. The van der Waals surface area contributed by atoms with Crippen LogP contribution < -0.4 is 9.64 Å². The number of aromatic amines is 1. The molecule has 5 aromatic rings. The summed E-state index contributed by atoms with van der Waals surface area (Å²) in [5.74, 6) is -1.73. The summed E-state index contributed by atoms with van der Waals surface area (Å²) >= 11 is 0. The number of H-pyrrole nitrogens is 1. The molecule has 13 nitrogen and oxygen atoms in total. The Bertz CT molecular complexity index is 3040. The summed E-state index contributed by atoms with van der Waals surface area (Å²) in [5.41, 5.74) is 2.45. The van der Waals surface area contributed by atoms with Crippen LogP contribution >= 0.6 is 0 Å². The molecule has 5 heterocycles. The van der Waals surface area contributed by atoms with E-state index in [9.17, 15) is 14.7 Å². The molecule has 4 aliphatic heterocycles. The smallest absolute Gasteiger partial charge is 0.344 e. The quantitative estimate of drug-likeness (QED) is 0.0532. The van der Waals surface area contributed by atoms with Crippen molar-refractivity contribution in [1.82, 2.24) is 14.8 Å². The average molecular weight is 1040 g/mol. The number of carbonyl (C=O) groups is 3. The normalized spacial score (nSPS) is 28.6. The Kier molecular flexibility index (Phi) is 13.6. The maximum atomic E-state index is 16.2. The number of hydrogen-bond donors (Lipinski definition) is 2. The van der Waals surface area contributed by atoms with Crippen molar-refractivity contribution in [3.05, 3.63) is 142 Å². The second-order valence-electron chi connectivity index (χ2n) is 23.5. The summed E-state index contributed by atoms with van der Waals surface area (Å²) < 4.78 is 31.7. The fourth-order valence-electron chi connectivity index (χ4n) is 14.6. The minimum atomic E-state index is -2.34. The maximum absolute atomic E-state index is 16.2. The Morgan fingerprint density at radius 3 is 2.28 bits per heavy atom. The van der Waals surface area contributed by atoms with Crippen LogP contribution in [0.2, 0.25) is 18.1 Å². The largest absolute Gasteiger partial charge is 0.496 e. The molecule has 0 unspecified atom stereocenters. The van der Waals surface area contributed by atoms with E-state index >= 15 is 4.79 Å². The molecule has 1 spiro atoms. The van der Waals surface area contributed by atoms with Gasteiger partial charge in [-0.1, -0.05) is 113 Å². The summed E-state index contributed by atoms with van der Waals surface area (Å²) in [5, 5.41) is 14.6. The molecule has 5 aliphatic rings. The number of esters is 3. The molecule has 0 bridgehead atoms. The van der Waals surface area contributed by atoms with Gasteiger partial charge in [0.25, 0.3) is 0 Å². The average Bonchev–Trinajstić information content (AvgIpc) is 4.07. The summed E-state index contributed by atoms with van der Waals surface area (Å²) in [7, 11) is 4.06. The van der Waals surface area contributed by atoms with Crippen molar-refractivity contribution in [1.29, 1.82) is 0 Å². The molecular weight excluding hydrogens is 961 g/mol. The predicted octanol–water partition coefficient (Wildman–Crippen LogP) is 9.34. The highest BCUT2D eigenvalue weighted by molar-refractivity contribution is 6.74. The van der Waals surface area contributed by atoms with Crippen LogP contribution in [0.1, 0.15) is 98.9 Å². The molecule has 10 rings (SSSR count). The lowest BCUT2D eigenvalue weighted by molar-refractivity contribution is -0.228. The van der Waals surface area contributed by atoms with Gasteiger partial charge in [-0.2, -0.15) is 0 Å². The highest BCUT2D eigenvalue weighted by Gasteiger charge is 2.80. The molecule has 8 atom stereocenters. The minimum Gasteiger partial charge on any atom is -0.496 e. The zero-order valence-electron chi connectivity index (χ0n) is 45.8. The summed E-state index contributed by atoms with van der Waals surface area (Å²) in [6, 6.07) is 30.3. The molecule has 1 saturated carbocycles. The van der Waals surface area contributed by atoms with Gasteiger partial charge in [0, 0.05) is 90.9 Å². The van der Waals surface area contributed by atoms with E-state index in [4.69, 9.17) is 23.4 Å². The lowest BCUT2D eigenvalue weighted by Crippen LogP contribution is -2.81. The van der Waals surface area contributed by atoms with Crippen molar-refractivity contribution >= 4 is 42.8 Å². The Labute approximate surface area is 443 Å². The molecule has 75 heavy (non-hydrogen) atoms. The fourth-order valence-corrected chi connectivity index (χ4v) is 15.5. The number of benzene rings is 4. The number of methoxy groups -OCH3 is 3. The summed E-state index contributed by atoms with van der Waals surface area (Å²) in [6.45, 7) is 18.4. The van der Waals surface area contributed by atoms with Crippen LogP contribution in [0, 0.1) is 5.41 Å². The molecule has 398 valence electrons. The molecule has 1 aromatic heterocycles. The van der Waals surface area contributed by atoms with Crippen molar-refractivity contribution in [2.45, 2.75) is 132 Å². The first-order chi connectivity index (χ1) is 35.8. The van der Waals surface area contributed by atoms with Crippen molar-refractivity contribution < 1.29 is 42.9 Å². The second kappa shape index (κ2) is 19.4. The molecule has 2 fully saturated rings. The first kappa shape index (κ1) is 52.7. The van der Waals surface area contributed by atoms with E-state index in [-0.39, 0.29) is 23.4 Å². The third-order valence-corrected chi connectivity index (χ3v) is 23.3. The van der Waals surface area contributed by atoms with E-state index in [1.54, 1.807) is 7.11 Å². The van der Waals surface area contributed by atoms with Crippen molar-refractivity contribution in [3.8, 4) is 5.75 Å². The van der Waals surface area contributed by atoms with Gasteiger partial charge in [-0.05, 0) is 96.2 Å². The van der Waals surface area contributed by atoms with E-state index in [0.717, 1.165) is 44.5 Å². The van der Waals surface area contributed by atoms with Gasteiger partial charge < -0.3 is 38.4 Å². The number of likely N-dealkylation sites (N-methyl/N-ethyl adjacent to an activating group) is 1. The molecule has 0 radical (unpaired) electrons. The van der Waals surface area contributed by atoms with Crippen LogP contribution in [0.15, 0.2) is 103 Å². The number of carbonyl (C=O) groups excluding carboxylic acids is 3. The van der Waals surface area contributed by atoms with E-state index < -0.39 is 60.2 Å². The number of fused-ring (bicyclic) bond motifs is 4. The number of aliphatic hydroxyl groups is 1. The van der Waals surface area contributed by atoms with E-state index in [1.165, 1.54) is 26.7 Å². The van der Waals surface area contributed by atoms with Gasteiger partial charge in [-0.3, -0.25) is 19.4 Å². The van der Waals surface area contributed by atoms with Gasteiger partial charge in [0.2, 0.25) is 5.60 Å². The summed E-state index contributed by atoms with van der Waals surface area (Å²) in [4.78, 5) is 55.0. The highest BCUT2D eigenvalue weighted by atomic mass is 28.4. The SMILES string of the molecule is CC[C@]12C=CCN3CC[C@@]4(c5cc([C@]6(C(=O)OC)C[C@H](c7ccccc7CO[Si](C)(C)C(C)(C)C)CN(Cc7ccccc7)CCc7c6[nH]c6ccccc76)c(OC)cc5N(C)[C@H]4[C@@](O)(C(=O)OC)[C@@H]1OC(C)=O)[C@@H]32. The first-order valence-corrected chi connectivity index (χ1v) is 29.7. The molecular formula is C61H76N4O9Si. The molecule has 0 amide bonds. The maximum Gasteiger partial charge on any atom is 0.344 e. The zero-order valence-corrected chi connectivity index (χ0v) is 46.8. The molecule has 4 aromatic carbocycles. The van der Waals surface area contributed by atoms with Gasteiger partial charge in [-0.25, -0.2) is 4.79 Å². The standard InChI is InChI=1S/C61H76N4O9Si/c1-12-58-28-20-30-65-32-29-59(52(58)65)46-33-47(50(70-7)34-49(46)63(6)53(59)61(69,56(68)72-9)54(58)74-39(2)66)60(55(67)71-8)35-42(43-24-17-16-23-41(43)38-73-75(10,11)57(3,4)5)37-64(36-40-21-14-13-15-22-40)31-27-45-44-25-18-19-26-48(44)62-51(45)60/h13-26,28,33-34,42,52-54,62,69H,12,27,29-32,35-38H2,1-11H3/t42-,52-,53+,54+,58+,59+,60+,61-/m0/s1. The monoisotopic (exact) mass is 1040 g/mol. The van der Waals surface area contributed by atoms with Crippen LogP contribution in [0.25, 0.3) is 10.9 Å². The highest BCUT2D eigenvalue weighted by Crippen LogP contribution is 2.68. The van der Waals surface area contributed by atoms with Gasteiger partial charge in [0.15, 0.2) is 14.4 Å². The Morgan fingerprint density at radius 1 is 0.880 bits per heavy atom. The lowest BCUT2D eigenvalue weighted by atomic mass is 9.47. The van der Waals surface area contributed by atoms with Crippen LogP contribution in [-0.4, -0.2) is 124 Å². The Balaban J connectivity index is 1.26. The van der Waals surface area contributed by atoms with Crippen LogP contribution in [0.4, 0.5) is 5.69 Å². The topological polar surface area (TPSA) is 143 Å². The van der Waals surface area contributed by atoms with Crippen LogP contribution in [0.5, 0.6) is 5.75 Å². The Morgan fingerprint density at radius 2 is 1.59 bits per heavy atom. The number of aromatic nitrogens is 1. The number of rotatable bonds is 12. The van der Waals surface area contributed by atoms with Gasteiger partial charge in [0.05, 0.1) is 34.0 Å². The molecule has 1 saturated heterocycles. The fraction of sp³-hybridized carbons (Fsp3) is 0.492. The van der Waals surface area contributed by atoms with E-state index in [1.807, 2.05) is 37.1 Å². The number of ether oxygens (including phenoxy) is 4. The first-order valence-electron chi connectivity index (χ1n) is 26.8. The number of para-hydroxylation sites is 1. The number of hydrogen-bond acceptors (Lipinski definition) is 12. The summed E-state index contributed by atoms with van der Waals surface area (Å²) in [6.07, 6.45) is 4.77. The number of nitrogens with one attached hydrogen (secondary N) is 1. The molecule has 1 aliphatic carbocycles. The van der Waals surface area contributed by atoms with Gasteiger partial charge in [-0.15, -0.1) is 0 Å². The lowest BCUT2D eigenvalue weighted by Gasteiger charge is -2.63. The third kappa shape index (κ3) is 8.01. The molecule has 14 heteroatoms. The Hall–Kier alpha value is -5.77. The zero-order chi connectivity index (χ0) is 53.5. The van der Waals surface area contributed by atoms with Gasteiger partial charge >= 0.3 is 17.9 Å². The minimum absolute atomic E-state index is 0.0113. The van der Waals surface area contributed by atoms with Crippen molar-refractivity contribution in [2.24, 2.45) is 5.41 Å². The van der Waals surface area contributed by atoms with Crippen LogP contribution in [0.3, 0.4) is 0 Å². The van der Waals surface area contributed by atoms with E-state index in [0.29, 0.717) is 69.9 Å². The van der Waals surface area contributed by atoms with Crippen molar-refractivity contribution in [2.75, 3.05) is 59.5 Å². The second-order valence-corrected chi connectivity index (χ2v) is 28.3. The van der Waals surface area contributed by atoms with E-state index in [2.05, 4.69) is 134 Å². The van der Waals surface area contributed by atoms with Crippen LogP contribution in [-0.2, 0) is 63.4 Å². The van der Waals surface area contributed by atoms with Gasteiger partial charge in [0.1, 0.15) is 11.2 Å². The van der Waals surface area contributed by atoms with Crippen molar-refractivity contribution in [3.63, 3.8) is 0 Å². The number of anilines is 1.